The minimum absolute atomic E-state index is 0.00246. The average molecular weight is 315 g/mol. The number of aromatic nitrogens is 1. The molecule has 0 amide bonds. The number of benzene rings is 1. The maximum atomic E-state index is 12.1. The minimum Gasteiger partial charge on any atom is -0.435 e. The molecular formula is C12H11F2N3O3S. The van der Waals surface area contributed by atoms with E-state index in [1.54, 1.807) is 0 Å². The quantitative estimate of drug-likeness (QED) is 0.881. The van der Waals surface area contributed by atoms with Crippen LogP contribution < -0.4 is 15.2 Å². The molecule has 9 heteroatoms. The molecular weight excluding hydrogens is 304 g/mol. The third-order valence-corrected chi connectivity index (χ3v) is 3.74. The Morgan fingerprint density at radius 2 is 1.86 bits per heavy atom. The molecule has 6 nitrogen and oxygen atoms in total. The number of nitrogen functional groups attached to an aromatic ring is 1. The van der Waals surface area contributed by atoms with E-state index in [2.05, 4.69) is 14.4 Å². The highest BCUT2D eigenvalue weighted by molar-refractivity contribution is 7.92. The van der Waals surface area contributed by atoms with E-state index in [4.69, 9.17) is 5.73 Å². The number of anilines is 2. The van der Waals surface area contributed by atoms with E-state index in [1.807, 2.05) is 0 Å². The molecule has 0 saturated carbocycles. The number of nitrogens with one attached hydrogen (secondary N) is 1. The van der Waals surface area contributed by atoms with Gasteiger partial charge in [-0.25, -0.2) is 4.98 Å². The molecule has 112 valence electrons. The van der Waals surface area contributed by atoms with Gasteiger partial charge in [0.15, 0.2) is 5.03 Å². The third-order valence-electron chi connectivity index (χ3n) is 2.39. The first-order valence-corrected chi connectivity index (χ1v) is 7.15. The second kappa shape index (κ2) is 5.92. The Kier molecular flexibility index (Phi) is 4.22. The van der Waals surface area contributed by atoms with Crippen molar-refractivity contribution in [2.75, 3.05) is 10.5 Å². The molecule has 3 N–H and O–H groups in total. The Hall–Kier alpha value is -2.42. The fourth-order valence-electron chi connectivity index (χ4n) is 1.54. The zero-order valence-electron chi connectivity index (χ0n) is 10.5. The molecule has 0 bridgehead atoms. The van der Waals surface area contributed by atoms with Crippen LogP contribution in [0, 0.1) is 0 Å². The highest BCUT2D eigenvalue weighted by atomic mass is 32.2. The largest absolute Gasteiger partial charge is 0.435 e. The Bertz CT molecular complexity index is 721. The summed E-state index contributed by atoms with van der Waals surface area (Å²) in [6.07, 6.45) is 1.30. The van der Waals surface area contributed by atoms with Gasteiger partial charge in [0, 0.05) is 11.9 Å². The number of ether oxygens (including phenoxy) is 1. The molecule has 2 aromatic rings. The predicted molar refractivity (Wildman–Crippen MR) is 72.5 cm³/mol. The van der Waals surface area contributed by atoms with Crippen LogP contribution >= 0.6 is 0 Å². The van der Waals surface area contributed by atoms with Crippen LogP contribution in [0.3, 0.4) is 0 Å². The molecule has 0 aliphatic rings. The molecule has 21 heavy (non-hydrogen) atoms. The van der Waals surface area contributed by atoms with Crippen molar-refractivity contribution in [2.45, 2.75) is 11.6 Å². The zero-order valence-corrected chi connectivity index (χ0v) is 11.3. The van der Waals surface area contributed by atoms with Crippen molar-refractivity contribution in [1.29, 1.82) is 0 Å². The van der Waals surface area contributed by atoms with Crippen molar-refractivity contribution in [2.24, 2.45) is 0 Å². The van der Waals surface area contributed by atoms with Crippen molar-refractivity contribution in [1.82, 2.24) is 4.98 Å². The highest BCUT2D eigenvalue weighted by Crippen LogP contribution is 2.21. The fraction of sp³-hybridized carbons (Fsp3) is 0.0833. The number of halogens is 2. The van der Waals surface area contributed by atoms with Crippen molar-refractivity contribution in [3.05, 3.63) is 42.6 Å². The lowest BCUT2D eigenvalue weighted by Gasteiger charge is -2.10. The van der Waals surface area contributed by atoms with Crippen molar-refractivity contribution >= 4 is 21.4 Å². The Morgan fingerprint density at radius 3 is 2.43 bits per heavy atom. The highest BCUT2D eigenvalue weighted by Gasteiger charge is 2.18. The van der Waals surface area contributed by atoms with Gasteiger partial charge in [0.1, 0.15) is 5.75 Å². The zero-order chi connectivity index (χ0) is 15.5. The van der Waals surface area contributed by atoms with Crippen molar-refractivity contribution in [3.8, 4) is 5.75 Å². The first-order valence-electron chi connectivity index (χ1n) is 5.67. The van der Waals surface area contributed by atoms with E-state index >= 15 is 0 Å². The minimum atomic E-state index is -3.95. The van der Waals surface area contributed by atoms with E-state index < -0.39 is 16.6 Å². The second-order valence-electron chi connectivity index (χ2n) is 3.91. The van der Waals surface area contributed by atoms with Crippen LogP contribution in [0.5, 0.6) is 5.75 Å². The summed E-state index contributed by atoms with van der Waals surface area (Å²) >= 11 is 0. The molecule has 1 aromatic carbocycles. The van der Waals surface area contributed by atoms with E-state index in [1.165, 1.54) is 42.6 Å². The number of pyridine rings is 1. The molecule has 0 spiro atoms. The summed E-state index contributed by atoms with van der Waals surface area (Å²) in [5, 5.41) is -0.307. The molecule has 0 radical (unpaired) electrons. The monoisotopic (exact) mass is 315 g/mol. The smallest absolute Gasteiger partial charge is 0.387 e. The maximum Gasteiger partial charge on any atom is 0.387 e. The predicted octanol–water partition coefficient (Wildman–Crippen LogP) is 2.07. The molecule has 0 unspecified atom stereocenters. The van der Waals surface area contributed by atoms with Gasteiger partial charge in [0.2, 0.25) is 0 Å². The van der Waals surface area contributed by atoms with Gasteiger partial charge in [-0.15, -0.1) is 0 Å². The number of rotatable bonds is 5. The molecule has 0 fully saturated rings. The lowest BCUT2D eigenvalue weighted by atomic mass is 10.3. The van der Waals surface area contributed by atoms with Crippen LogP contribution in [-0.4, -0.2) is 20.0 Å². The molecule has 1 heterocycles. The van der Waals surface area contributed by atoms with Crippen LogP contribution in [0.15, 0.2) is 47.6 Å². The Labute approximate surface area is 119 Å². The molecule has 1 aromatic heterocycles. The molecule has 0 atom stereocenters. The Morgan fingerprint density at radius 1 is 1.19 bits per heavy atom. The molecule has 0 saturated heterocycles. The topological polar surface area (TPSA) is 94.3 Å². The standard InChI is InChI=1S/C12H11F2N3O3S/c13-12(14)20-9-5-3-8(4-6-9)17-21(18,19)11-10(15)2-1-7-16-11/h1-7,12,17H,15H2. The van der Waals surface area contributed by atoms with Crippen LogP contribution in [0.2, 0.25) is 0 Å². The van der Waals surface area contributed by atoms with Gasteiger partial charge in [-0.3, -0.25) is 4.72 Å². The number of hydrogen-bond acceptors (Lipinski definition) is 5. The molecule has 0 aliphatic carbocycles. The van der Waals surface area contributed by atoms with E-state index in [-0.39, 0.29) is 22.2 Å². The average Bonchev–Trinajstić information content (AvgIpc) is 2.40. The number of nitrogens with two attached hydrogens (primary N) is 1. The van der Waals surface area contributed by atoms with Gasteiger partial charge in [-0.1, -0.05) is 0 Å². The van der Waals surface area contributed by atoms with Crippen LogP contribution in [0.25, 0.3) is 0 Å². The van der Waals surface area contributed by atoms with Gasteiger partial charge in [0.25, 0.3) is 10.0 Å². The first-order chi connectivity index (χ1) is 9.88. The van der Waals surface area contributed by atoms with E-state index in [0.29, 0.717) is 0 Å². The third kappa shape index (κ3) is 3.78. The SMILES string of the molecule is Nc1cccnc1S(=O)(=O)Nc1ccc(OC(F)F)cc1. The summed E-state index contributed by atoms with van der Waals surface area (Å²) in [5.74, 6) is -0.0784. The van der Waals surface area contributed by atoms with Gasteiger partial charge in [0.05, 0.1) is 5.69 Å². The molecule has 2 rings (SSSR count). The number of alkyl halides is 2. The lowest BCUT2D eigenvalue weighted by Crippen LogP contribution is -2.16. The summed E-state index contributed by atoms with van der Waals surface area (Å²) in [6, 6.07) is 7.91. The summed E-state index contributed by atoms with van der Waals surface area (Å²) in [7, 11) is -3.95. The first kappa shape index (κ1) is 15.0. The normalized spacial score (nSPS) is 11.4. The van der Waals surface area contributed by atoms with Crippen molar-refractivity contribution < 1.29 is 21.9 Å². The molecule has 0 aliphatic heterocycles. The maximum absolute atomic E-state index is 12.1. The van der Waals surface area contributed by atoms with Gasteiger partial charge >= 0.3 is 6.61 Å². The van der Waals surface area contributed by atoms with Gasteiger partial charge in [-0.05, 0) is 36.4 Å². The van der Waals surface area contributed by atoms with Crippen LogP contribution in [0.4, 0.5) is 20.2 Å². The Balaban J connectivity index is 2.19. The summed E-state index contributed by atoms with van der Waals surface area (Å²) in [5.41, 5.74) is 5.72. The lowest BCUT2D eigenvalue weighted by molar-refractivity contribution is -0.0498. The van der Waals surface area contributed by atoms with E-state index in [9.17, 15) is 17.2 Å². The number of sulfonamides is 1. The second-order valence-corrected chi connectivity index (χ2v) is 5.50. The number of hydrogen-bond donors (Lipinski definition) is 2. The summed E-state index contributed by atoms with van der Waals surface area (Å²) < 4.78 is 54.6. The van der Waals surface area contributed by atoms with Gasteiger partial charge < -0.3 is 10.5 Å². The van der Waals surface area contributed by atoms with Crippen LogP contribution in [-0.2, 0) is 10.0 Å². The summed E-state index contributed by atoms with van der Waals surface area (Å²) in [6.45, 7) is -2.94. The fourth-order valence-corrected chi connectivity index (χ4v) is 2.66. The van der Waals surface area contributed by atoms with Gasteiger partial charge in [-0.2, -0.15) is 17.2 Å². The summed E-state index contributed by atoms with van der Waals surface area (Å²) in [4.78, 5) is 3.70. The number of nitrogens with zero attached hydrogens (tertiary/aromatic N) is 1. The van der Waals surface area contributed by atoms with Crippen LogP contribution in [0.1, 0.15) is 0 Å². The van der Waals surface area contributed by atoms with E-state index in [0.717, 1.165) is 0 Å². The van der Waals surface area contributed by atoms with Crippen molar-refractivity contribution in [3.63, 3.8) is 0 Å².